The van der Waals surface area contributed by atoms with Crippen LogP contribution in [0.1, 0.15) is 33.6 Å². The number of hydrogen-bond donors (Lipinski definition) is 2. The molecule has 2 heterocycles. The highest BCUT2D eigenvalue weighted by Crippen LogP contribution is 2.28. The summed E-state index contributed by atoms with van der Waals surface area (Å²) in [5.41, 5.74) is 2.48. The maximum Gasteiger partial charge on any atom is 0.323 e. The van der Waals surface area contributed by atoms with Crippen LogP contribution in [0.4, 0.5) is 21.9 Å². The van der Waals surface area contributed by atoms with Gasteiger partial charge in [-0.25, -0.2) is 4.79 Å². The number of aromatic nitrogens is 2. The van der Waals surface area contributed by atoms with Gasteiger partial charge in [-0.15, -0.1) is 0 Å². The second kappa shape index (κ2) is 6.55. The molecule has 0 aliphatic carbocycles. The number of nitrogens with zero attached hydrogens (tertiary/aromatic N) is 3. The number of rotatable bonds is 3. The molecule has 1 fully saturated rings. The van der Waals surface area contributed by atoms with Gasteiger partial charge in [-0.2, -0.15) is 5.10 Å². The number of para-hydroxylation sites is 2. The molecule has 2 N–H and O–H groups in total. The Hall–Kier alpha value is -2.50. The SMILES string of the molecule is CC(C)(C)n1cc(NC(=O)Nc2ccccc2N2CCCC2)cn1. The van der Waals surface area contributed by atoms with Crippen LogP contribution in [0.25, 0.3) is 0 Å². The third-order valence-corrected chi connectivity index (χ3v) is 4.13. The van der Waals surface area contributed by atoms with Crippen LogP contribution in [0.5, 0.6) is 0 Å². The average molecular weight is 327 g/mol. The Morgan fingerprint density at radius 1 is 1.12 bits per heavy atom. The van der Waals surface area contributed by atoms with Crippen LogP contribution in [-0.2, 0) is 5.54 Å². The number of anilines is 3. The van der Waals surface area contributed by atoms with Gasteiger partial charge in [0.05, 0.1) is 28.8 Å². The Labute approximate surface area is 142 Å². The third kappa shape index (κ3) is 3.69. The maximum atomic E-state index is 12.3. The Balaban J connectivity index is 1.68. The van der Waals surface area contributed by atoms with E-state index in [4.69, 9.17) is 0 Å². The van der Waals surface area contributed by atoms with E-state index < -0.39 is 0 Å². The van der Waals surface area contributed by atoms with Crippen molar-refractivity contribution in [3.05, 3.63) is 36.7 Å². The largest absolute Gasteiger partial charge is 0.370 e. The molecule has 1 aliphatic heterocycles. The van der Waals surface area contributed by atoms with Gasteiger partial charge in [-0.05, 0) is 45.7 Å². The number of carbonyl (C=O) groups excluding carboxylic acids is 1. The summed E-state index contributed by atoms with van der Waals surface area (Å²) in [6, 6.07) is 7.68. The number of hydrogen-bond acceptors (Lipinski definition) is 3. The molecular weight excluding hydrogens is 302 g/mol. The summed E-state index contributed by atoms with van der Waals surface area (Å²) in [6.07, 6.45) is 5.90. The summed E-state index contributed by atoms with van der Waals surface area (Å²) < 4.78 is 1.83. The van der Waals surface area contributed by atoms with Crippen LogP contribution in [0.3, 0.4) is 0 Å². The maximum absolute atomic E-state index is 12.3. The first-order valence-corrected chi connectivity index (χ1v) is 8.40. The smallest absolute Gasteiger partial charge is 0.323 e. The summed E-state index contributed by atoms with van der Waals surface area (Å²) >= 11 is 0. The van der Waals surface area contributed by atoms with Gasteiger partial charge in [0.15, 0.2) is 0 Å². The zero-order chi connectivity index (χ0) is 17.2. The predicted octanol–water partition coefficient (Wildman–Crippen LogP) is 3.88. The van der Waals surface area contributed by atoms with Crippen LogP contribution in [-0.4, -0.2) is 28.9 Å². The van der Waals surface area contributed by atoms with E-state index in [9.17, 15) is 4.79 Å². The number of urea groups is 1. The first-order chi connectivity index (χ1) is 11.4. The molecule has 0 atom stereocenters. The summed E-state index contributed by atoms with van der Waals surface area (Å²) in [5.74, 6) is 0. The van der Waals surface area contributed by atoms with Gasteiger partial charge in [0.1, 0.15) is 0 Å². The second-order valence-corrected chi connectivity index (χ2v) is 7.13. The van der Waals surface area contributed by atoms with Gasteiger partial charge in [0, 0.05) is 19.3 Å². The molecule has 128 valence electrons. The Morgan fingerprint density at radius 2 is 1.83 bits per heavy atom. The van der Waals surface area contributed by atoms with Gasteiger partial charge in [0.25, 0.3) is 0 Å². The molecule has 0 unspecified atom stereocenters. The molecule has 3 rings (SSSR count). The minimum absolute atomic E-state index is 0.112. The van der Waals surface area contributed by atoms with Crippen LogP contribution >= 0.6 is 0 Å². The number of benzene rings is 1. The zero-order valence-corrected chi connectivity index (χ0v) is 14.5. The average Bonchev–Trinajstić information content (AvgIpc) is 3.18. The predicted molar refractivity (Wildman–Crippen MR) is 97.8 cm³/mol. The van der Waals surface area contributed by atoms with Gasteiger partial charge in [-0.3, -0.25) is 4.68 Å². The van der Waals surface area contributed by atoms with Crippen molar-refractivity contribution in [1.29, 1.82) is 0 Å². The van der Waals surface area contributed by atoms with Crippen molar-refractivity contribution in [1.82, 2.24) is 9.78 Å². The molecule has 1 aromatic heterocycles. The number of amides is 2. The molecule has 2 aromatic rings. The molecule has 6 heteroatoms. The lowest BCUT2D eigenvalue weighted by Crippen LogP contribution is -2.24. The second-order valence-electron chi connectivity index (χ2n) is 7.13. The normalized spacial score (nSPS) is 14.7. The van der Waals surface area contributed by atoms with Gasteiger partial charge in [0.2, 0.25) is 0 Å². The molecule has 0 spiro atoms. The van der Waals surface area contributed by atoms with Crippen LogP contribution in [0.2, 0.25) is 0 Å². The first kappa shape index (κ1) is 16.4. The lowest BCUT2D eigenvalue weighted by Gasteiger charge is -2.21. The Morgan fingerprint density at radius 3 is 2.50 bits per heavy atom. The van der Waals surface area contributed by atoms with E-state index in [1.54, 1.807) is 6.20 Å². The summed E-state index contributed by atoms with van der Waals surface area (Å²) in [4.78, 5) is 14.6. The van der Waals surface area contributed by atoms with E-state index in [2.05, 4.69) is 47.5 Å². The van der Waals surface area contributed by atoms with Crippen molar-refractivity contribution >= 4 is 23.1 Å². The molecule has 1 aromatic carbocycles. The first-order valence-electron chi connectivity index (χ1n) is 8.40. The standard InChI is InChI=1S/C18H25N5O/c1-18(2,3)23-13-14(12-19-23)20-17(24)21-15-8-4-5-9-16(15)22-10-6-7-11-22/h4-5,8-9,12-13H,6-7,10-11H2,1-3H3,(H2,20,21,24). The molecule has 1 aliphatic rings. The molecule has 24 heavy (non-hydrogen) atoms. The summed E-state index contributed by atoms with van der Waals surface area (Å²) in [7, 11) is 0. The molecule has 0 radical (unpaired) electrons. The van der Waals surface area contributed by atoms with E-state index >= 15 is 0 Å². The highest BCUT2D eigenvalue weighted by Gasteiger charge is 2.17. The van der Waals surface area contributed by atoms with Crippen molar-refractivity contribution in [3.8, 4) is 0 Å². The molecular formula is C18H25N5O. The van der Waals surface area contributed by atoms with Gasteiger partial charge in [-0.1, -0.05) is 12.1 Å². The van der Waals surface area contributed by atoms with Crippen LogP contribution < -0.4 is 15.5 Å². The minimum Gasteiger partial charge on any atom is -0.370 e. The van der Waals surface area contributed by atoms with Crippen molar-refractivity contribution < 1.29 is 4.79 Å². The summed E-state index contributed by atoms with van der Waals surface area (Å²) in [6.45, 7) is 8.28. The highest BCUT2D eigenvalue weighted by atomic mass is 16.2. The third-order valence-electron chi connectivity index (χ3n) is 4.13. The topological polar surface area (TPSA) is 62.2 Å². The van der Waals surface area contributed by atoms with Crippen molar-refractivity contribution in [2.24, 2.45) is 0 Å². The fraction of sp³-hybridized carbons (Fsp3) is 0.444. The van der Waals surface area contributed by atoms with Gasteiger partial charge < -0.3 is 15.5 Å². The zero-order valence-electron chi connectivity index (χ0n) is 14.5. The number of carbonyl (C=O) groups is 1. The fourth-order valence-corrected chi connectivity index (χ4v) is 2.85. The van der Waals surface area contributed by atoms with E-state index in [-0.39, 0.29) is 11.6 Å². The molecule has 0 bridgehead atoms. The van der Waals surface area contributed by atoms with Crippen LogP contribution in [0, 0.1) is 0 Å². The van der Waals surface area contributed by atoms with Crippen LogP contribution in [0.15, 0.2) is 36.7 Å². The quantitative estimate of drug-likeness (QED) is 0.899. The Bertz CT molecular complexity index is 710. The van der Waals surface area contributed by atoms with E-state index in [1.807, 2.05) is 29.1 Å². The summed E-state index contributed by atoms with van der Waals surface area (Å²) in [5, 5.41) is 10.1. The van der Waals surface area contributed by atoms with E-state index in [0.29, 0.717) is 5.69 Å². The molecule has 6 nitrogen and oxygen atoms in total. The lowest BCUT2D eigenvalue weighted by molar-refractivity contribution is 0.262. The van der Waals surface area contributed by atoms with Crippen molar-refractivity contribution in [3.63, 3.8) is 0 Å². The minimum atomic E-state index is -0.255. The lowest BCUT2D eigenvalue weighted by atomic mass is 10.1. The van der Waals surface area contributed by atoms with E-state index in [1.165, 1.54) is 12.8 Å². The highest BCUT2D eigenvalue weighted by molar-refractivity contribution is 6.01. The van der Waals surface area contributed by atoms with E-state index in [0.717, 1.165) is 24.5 Å². The Kier molecular flexibility index (Phi) is 4.46. The fourth-order valence-electron chi connectivity index (χ4n) is 2.85. The molecule has 2 amide bonds. The van der Waals surface area contributed by atoms with Crippen molar-refractivity contribution in [2.45, 2.75) is 39.2 Å². The number of nitrogens with one attached hydrogen (secondary N) is 2. The monoisotopic (exact) mass is 327 g/mol. The van der Waals surface area contributed by atoms with Crippen molar-refractivity contribution in [2.75, 3.05) is 28.6 Å². The molecule has 0 saturated carbocycles. The van der Waals surface area contributed by atoms with Gasteiger partial charge >= 0.3 is 6.03 Å². The molecule has 1 saturated heterocycles.